The van der Waals surface area contributed by atoms with Gasteiger partial charge >= 0.3 is 0 Å². The van der Waals surface area contributed by atoms with Crippen LogP contribution in [-0.2, 0) is 14.2 Å². The van der Waals surface area contributed by atoms with Crippen LogP contribution < -0.4 is 0 Å². The molecular formula is C12H24O4. The highest BCUT2D eigenvalue weighted by molar-refractivity contribution is 5.00. The molecule has 0 aromatic heterocycles. The van der Waals surface area contributed by atoms with Crippen LogP contribution in [0, 0.1) is 5.41 Å². The molecule has 0 aromatic carbocycles. The summed E-state index contributed by atoms with van der Waals surface area (Å²) in [4.78, 5) is 0. The Hall–Kier alpha value is -0.160. The van der Waals surface area contributed by atoms with E-state index in [1.165, 1.54) is 0 Å². The Bertz CT molecular complexity index is 197. The Kier molecular flexibility index (Phi) is 5.69. The van der Waals surface area contributed by atoms with E-state index in [1.807, 2.05) is 0 Å². The number of hydrogen-bond donors (Lipinski definition) is 1. The predicted molar refractivity (Wildman–Crippen MR) is 61.5 cm³/mol. The van der Waals surface area contributed by atoms with Crippen molar-refractivity contribution >= 4 is 0 Å². The van der Waals surface area contributed by atoms with E-state index in [-0.39, 0.29) is 17.6 Å². The van der Waals surface area contributed by atoms with Crippen LogP contribution in [0.15, 0.2) is 0 Å². The lowest BCUT2D eigenvalue weighted by atomic mass is 9.63. The quantitative estimate of drug-likeness (QED) is 0.639. The summed E-state index contributed by atoms with van der Waals surface area (Å²) < 4.78 is 15.9. The number of aliphatic hydroxyl groups excluding tert-OH is 1. The number of methoxy groups -OCH3 is 1. The lowest BCUT2D eigenvalue weighted by Crippen LogP contribution is -2.56. The lowest BCUT2D eigenvalue weighted by molar-refractivity contribution is -0.189. The van der Waals surface area contributed by atoms with Crippen LogP contribution >= 0.6 is 0 Å². The summed E-state index contributed by atoms with van der Waals surface area (Å²) in [5, 5.41) is 9.68. The zero-order valence-corrected chi connectivity index (χ0v) is 10.6. The fourth-order valence-electron chi connectivity index (χ4n) is 2.01. The second-order valence-corrected chi connectivity index (χ2v) is 4.58. The molecule has 1 aliphatic carbocycles. The van der Waals surface area contributed by atoms with Crippen molar-refractivity contribution in [1.29, 1.82) is 0 Å². The van der Waals surface area contributed by atoms with Crippen molar-refractivity contribution in [1.82, 2.24) is 0 Å². The lowest BCUT2D eigenvalue weighted by Gasteiger charge is -2.50. The van der Waals surface area contributed by atoms with Crippen LogP contribution in [0.4, 0.5) is 0 Å². The van der Waals surface area contributed by atoms with Crippen LogP contribution in [0.2, 0.25) is 0 Å². The van der Waals surface area contributed by atoms with Gasteiger partial charge in [0.1, 0.15) is 0 Å². The summed E-state index contributed by atoms with van der Waals surface area (Å²) in [6, 6.07) is 0. The summed E-state index contributed by atoms with van der Waals surface area (Å²) in [5.41, 5.74) is -0.0630. The monoisotopic (exact) mass is 232 g/mol. The van der Waals surface area contributed by atoms with Gasteiger partial charge in [-0.25, -0.2) is 0 Å². The van der Waals surface area contributed by atoms with E-state index in [0.29, 0.717) is 26.4 Å². The minimum absolute atomic E-state index is 0.0630. The van der Waals surface area contributed by atoms with Crippen molar-refractivity contribution in [3.05, 3.63) is 0 Å². The van der Waals surface area contributed by atoms with Gasteiger partial charge in [0.15, 0.2) is 0 Å². The normalized spacial score (nSPS) is 33.8. The highest BCUT2D eigenvalue weighted by Gasteiger charge is 2.50. The molecule has 96 valence electrons. The molecule has 0 saturated heterocycles. The minimum atomic E-state index is -0.211. The SMILES string of the molecule is CCC1(C)C(O)CC1OCCOCCOC. The molecule has 3 atom stereocenters. The Morgan fingerprint density at radius 3 is 2.50 bits per heavy atom. The molecule has 0 aliphatic heterocycles. The van der Waals surface area contributed by atoms with E-state index in [9.17, 15) is 5.11 Å². The minimum Gasteiger partial charge on any atom is -0.392 e. The maximum absolute atomic E-state index is 9.68. The van der Waals surface area contributed by atoms with Gasteiger partial charge in [-0.05, 0) is 6.42 Å². The Balaban J connectivity index is 2.06. The molecule has 1 N–H and O–H groups in total. The maximum atomic E-state index is 9.68. The third kappa shape index (κ3) is 3.17. The average Bonchev–Trinajstić information content (AvgIpc) is 2.31. The second-order valence-electron chi connectivity index (χ2n) is 4.58. The highest BCUT2D eigenvalue weighted by Crippen LogP contribution is 2.45. The number of ether oxygens (including phenoxy) is 3. The van der Waals surface area contributed by atoms with Crippen molar-refractivity contribution < 1.29 is 19.3 Å². The Morgan fingerprint density at radius 2 is 1.94 bits per heavy atom. The van der Waals surface area contributed by atoms with Crippen LogP contribution in [-0.4, -0.2) is 50.9 Å². The van der Waals surface area contributed by atoms with E-state index in [2.05, 4.69) is 13.8 Å². The topological polar surface area (TPSA) is 47.9 Å². The highest BCUT2D eigenvalue weighted by atomic mass is 16.5. The largest absolute Gasteiger partial charge is 0.392 e. The first kappa shape index (κ1) is 13.9. The molecule has 1 rings (SSSR count). The first-order chi connectivity index (χ1) is 7.65. The van der Waals surface area contributed by atoms with Gasteiger partial charge in [-0.1, -0.05) is 13.8 Å². The van der Waals surface area contributed by atoms with Crippen molar-refractivity contribution in [2.75, 3.05) is 33.5 Å². The average molecular weight is 232 g/mol. The van der Waals surface area contributed by atoms with E-state index >= 15 is 0 Å². The number of aliphatic hydroxyl groups is 1. The van der Waals surface area contributed by atoms with Gasteiger partial charge in [-0.15, -0.1) is 0 Å². The predicted octanol–water partition coefficient (Wildman–Crippen LogP) is 1.22. The molecule has 3 unspecified atom stereocenters. The molecule has 16 heavy (non-hydrogen) atoms. The molecular weight excluding hydrogens is 208 g/mol. The van der Waals surface area contributed by atoms with Crippen molar-refractivity contribution in [3.63, 3.8) is 0 Å². The van der Waals surface area contributed by atoms with E-state index < -0.39 is 0 Å². The fraction of sp³-hybridized carbons (Fsp3) is 1.00. The second kappa shape index (κ2) is 6.55. The molecule has 1 saturated carbocycles. The summed E-state index contributed by atoms with van der Waals surface area (Å²) in [5.74, 6) is 0. The molecule has 1 aliphatic rings. The fourth-order valence-corrected chi connectivity index (χ4v) is 2.01. The molecule has 0 amide bonds. The van der Waals surface area contributed by atoms with E-state index in [0.717, 1.165) is 12.8 Å². The van der Waals surface area contributed by atoms with Crippen molar-refractivity contribution in [2.24, 2.45) is 5.41 Å². The van der Waals surface area contributed by atoms with Crippen LogP contribution in [0.1, 0.15) is 26.7 Å². The molecule has 0 bridgehead atoms. The van der Waals surface area contributed by atoms with Gasteiger partial charge in [0, 0.05) is 18.9 Å². The van der Waals surface area contributed by atoms with Gasteiger partial charge < -0.3 is 19.3 Å². The van der Waals surface area contributed by atoms with Crippen molar-refractivity contribution in [2.45, 2.75) is 38.9 Å². The summed E-state index contributed by atoms with van der Waals surface area (Å²) in [6.07, 6.45) is 1.67. The van der Waals surface area contributed by atoms with E-state index in [1.54, 1.807) is 7.11 Å². The van der Waals surface area contributed by atoms with Gasteiger partial charge in [0.25, 0.3) is 0 Å². The van der Waals surface area contributed by atoms with Crippen molar-refractivity contribution in [3.8, 4) is 0 Å². The summed E-state index contributed by atoms with van der Waals surface area (Å²) in [6.45, 7) is 6.59. The first-order valence-corrected chi connectivity index (χ1v) is 6.01. The smallest absolute Gasteiger partial charge is 0.0704 e. The van der Waals surface area contributed by atoms with E-state index in [4.69, 9.17) is 14.2 Å². The maximum Gasteiger partial charge on any atom is 0.0704 e. The van der Waals surface area contributed by atoms with Gasteiger partial charge in [0.05, 0.1) is 38.6 Å². The summed E-state index contributed by atoms with van der Waals surface area (Å²) >= 11 is 0. The number of rotatable bonds is 8. The number of hydrogen-bond acceptors (Lipinski definition) is 4. The van der Waals surface area contributed by atoms with Crippen LogP contribution in [0.3, 0.4) is 0 Å². The Morgan fingerprint density at radius 1 is 1.25 bits per heavy atom. The summed E-state index contributed by atoms with van der Waals surface area (Å²) in [7, 11) is 1.66. The van der Waals surface area contributed by atoms with Gasteiger partial charge in [0.2, 0.25) is 0 Å². The van der Waals surface area contributed by atoms with Crippen LogP contribution in [0.5, 0.6) is 0 Å². The van der Waals surface area contributed by atoms with Crippen LogP contribution in [0.25, 0.3) is 0 Å². The zero-order chi connectivity index (χ0) is 12.0. The molecule has 0 aromatic rings. The molecule has 4 nitrogen and oxygen atoms in total. The first-order valence-electron chi connectivity index (χ1n) is 6.01. The molecule has 0 spiro atoms. The molecule has 4 heteroatoms. The third-order valence-corrected chi connectivity index (χ3v) is 3.67. The molecule has 0 radical (unpaired) electrons. The Labute approximate surface area is 97.9 Å². The third-order valence-electron chi connectivity index (χ3n) is 3.67. The standard InChI is InChI=1S/C12H24O4/c1-4-12(2)10(13)9-11(12)16-8-7-15-6-5-14-3/h10-11,13H,4-9H2,1-3H3. The van der Waals surface area contributed by atoms with Gasteiger partial charge in [-0.2, -0.15) is 0 Å². The molecule has 1 fully saturated rings. The van der Waals surface area contributed by atoms with Gasteiger partial charge in [-0.3, -0.25) is 0 Å². The molecule has 0 heterocycles. The zero-order valence-electron chi connectivity index (χ0n) is 10.6.